The van der Waals surface area contributed by atoms with Gasteiger partial charge in [-0.25, -0.2) is 9.97 Å². The van der Waals surface area contributed by atoms with Gasteiger partial charge in [-0.05, 0) is 109 Å². The zero-order valence-corrected chi connectivity index (χ0v) is 28.7. The van der Waals surface area contributed by atoms with Crippen LogP contribution >= 0.6 is 0 Å². The average molecular weight is 681 g/mol. The van der Waals surface area contributed by atoms with Gasteiger partial charge >= 0.3 is 0 Å². The number of rotatable bonds is 7. The Hall–Kier alpha value is -7.31. The van der Waals surface area contributed by atoms with Gasteiger partial charge in [0, 0.05) is 80.5 Å². The van der Waals surface area contributed by atoms with Gasteiger partial charge in [-0.1, -0.05) is 60.7 Å². The smallest absolute Gasteiger partial charge is 0.159 e. The van der Waals surface area contributed by atoms with E-state index < -0.39 is 0 Å². The molecule has 0 unspecified atom stereocenters. The van der Waals surface area contributed by atoms with Gasteiger partial charge in [0.1, 0.15) is 0 Å². The number of benzene rings is 6. The summed E-state index contributed by atoms with van der Waals surface area (Å²) < 4.78 is 4.68. The van der Waals surface area contributed by atoms with E-state index in [0.717, 1.165) is 50.8 Å². The van der Waals surface area contributed by atoms with Crippen LogP contribution in [-0.4, -0.2) is 24.1 Å². The third-order valence-corrected chi connectivity index (χ3v) is 9.92. The van der Waals surface area contributed by atoms with Crippen LogP contribution in [0.15, 0.2) is 195 Å². The van der Waals surface area contributed by atoms with Crippen molar-refractivity contribution in [1.82, 2.24) is 24.1 Å². The maximum atomic E-state index is 4.58. The molecule has 0 saturated carbocycles. The number of para-hydroxylation sites is 2. The zero-order chi connectivity index (χ0) is 35.1. The number of anilines is 3. The second kappa shape index (κ2) is 12.8. The first-order chi connectivity index (χ1) is 26.3. The van der Waals surface area contributed by atoms with E-state index in [-0.39, 0.29) is 0 Å². The van der Waals surface area contributed by atoms with Gasteiger partial charge in [-0.3, -0.25) is 4.98 Å². The van der Waals surface area contributed by atoms with Gasteiger partial charge in [-0.2, -0.15) is 0 Å². The fourth-order valence-corrected chi connectivity index (χ4v) is 7.48. The largest absolute Gasteiger partial charge is 0.316 e. The fraction of sp³-hybridized carbons (Fsp3) is 0. The van der Waals surface area contributed by atoms with E-state index in [0.29, 0.717) is 5.82 Å². The molecule has 6 aromatic carbocycles. The lowest BCUT2D eigenvalue weighted by molar-refractivity contribution is 1.13. The highest BCUT2D eigenvalue weighted by molar-refractivity contribution is 6.19. The van der Waals surface area contributed by atoms with Crippen molar-refractivity contribution in [3.8, 4) is 34.0 Å². The molecule has 0 N–H and O–H groups in total. The highest BCUT2D eigenvalue weighted by atomic mass is 15.1. The molecule has 0 saturated heterocycles. The Morgan fingerprint density at radius 3 is 1.74 bits per heavy atom. The van der Waals surface area contributed by atoms with Crippen molar-refractivity contribution < 1.29 is 0 Å². The zero-order valence-electron chi connectivity index (χ0n) is 28.7. The molecule has 10 aromatic rings. The fourth-order valence-electron chi connectivity index (χ4n) is 7.48. The van der Waals surface area contributed by atoms with Crippen LogP contribution in [-0.2, 0) is 0 Å². The summed E-state index contributed by atoms with van der Waals surface area (Å²) in [6.45, 7) is 0. The minimum absolute atomic E-state index is 0.702. The predicted octanol–water partition coefficient (Wildman–Crippen LogP) is 11.7. The first-order valence-corrected chi connectivity index (χ1v) is 17.7. The van der Waals surface area contributed by atoms with E-state index in [1.807, 2.05) is 30.5 Å². The first kappa shape index (κ1) is 30.5. The van der Waals surface area contributed by atoms with Crippen LogP contribution in [0.5, 0.6) is 0 Å². The van der Waals surface area contributed by atoms with Gasteiger partial charge in [0.25, 0.3) is 0 Å². The highest BCUT2D eigenvalue weighted by Gasteiger charge is 2.20. The molecule has 250 valence electrons. The van der Waals surface area contributed by atoms with E-state index in [9.17, 15) is 0 Å². The van der Waals surface area contributed by atoms with Gasteiger partial charge in [-0.15, -0.1) is 0 Å². The van der Waals surface area contributed by atoms with Crippen molar-refractivity contribution in [3.63, 3.8) is 0 Å². The normalized spacial score (nSPS) is 11.4. The van der Waals surface area contributed by atoms with Gasteiger partial charge in [0.2, 0.25) is 0 Å². The molecule has 0 atom stereocenters. The second-order valence-electron chi connectivity index (χ2n) is 13.0. The van der Waals surface area contributed by atoms with E-state index in [1.165, 1.54) is 27.2 Å². The molecule has 6 nitrogen and oxygen atoms in total. The van der Waals surface area contributed by atoms with Gasteiger partial charge in [0.15, 0.2) is 5.82 Å². The van der Waals surface area contributed by atoms with E-state index in [4.69, 9.17) is 0 Å². The Labute approximate surface area is 306 Å². The summed E-state index contributed by atoms with van der Waals surface area (Å²) in [5, 5.41) is 3.58. The Kier molecular flexibility index (Phi) is 7.36. The monoisotopic (exact) mass is 680 g/mol. The van der Waals surface area contributed by atoms with E-state index in [1.54, 1.807) is 12.4 Å². The van der Waals surface area contributed by atoms with Crippen molar-refractivity contribution in [3.05, 3.63) is 195 Å². The van der Waals surface area contributed by atoms with Gasteiger partial charge < -0.3 is 14.0 Å². The molecular formula is C47H32N6. The van der Waals surface area contributed by atoms with E-state index >= 15 is 0 Å². The average Bonchev–Trinajstić information content (AvgIpc) is 3.82. The number of fused-ring (bicyclic) bond motifs is 5. The molecular weight excluding hydrogens is 649 g/mol. The summed E-state index contributed by atoms with van der Waals surface area (Å²) in [4.78, 5) is 15.8. The lowest BCUT2D eigenvalue weighted by Crippen LogP contribution is -2.10. The summed E-state index contributed by atoms with van der Waals surface area (Å²) in [6.07, 6.45) is 7.56. The maximum Gasteiger partial charge on any atom is 0.159 e. The SMILES string of the molecule is c1ccc(-n2ccc3c2ccc2c4cc(N(c5ccc(-c6ccccn6)cc5)c5ccc(-c6ncccn6)cc5)ccc4n(-c4ccccc4)c23)cc1. The topological polar surface area (TPSA) is 51.8 Å². The molecule has 4 heterocycles. The number of aromatic nitrogens is 5. The molecule has 53 heavy (non-hydrogen) atoms. The van der Waals surface area contributed by atoms with Crippen molar-refractivity contribution in [1.29, 1.82) is 0 Å². The number of hydrogen-bond acceptors (Lipinski definition) is 4. The lowest BCUT2D eigenvalue weighted by atomic mass is 10.1. The molecule has 0 aliphatic carbocycles. The van der Waals surface area contributed by atoms with E-state index in [2.05, 4.69) is 181 Å². The van der Waals surface area contributed by atoms with Crippen molar-refractivity contribution >= 4 is 49.8 Å². The van der Waals surface area contributed by atoms with Crippen molar-refractivity contribution in [2.45, 2.75) is 0 Å². The number of nitrogens with zero attached hydrogens (tertiary/aromatic N) is 6. The summed E-state index contributed by atoms with van der Waals surface area (Å²) in [7, 11) is 0. The van der Waals surface area contributed by atoms with Gasteiger partial charge in [0.05, 0.1) is 22.2 Å². The predicted molar refractivity (Wildman–Crippen MR) is 217 cm³/mol. The molecule has 0 fully saturated rings. The highest BCUT2D eigenvalue weighted by Crippen LogP contribution is 2.42. The number of hydrogen-bond donors (Lipinski definition) is 0. The third kappa shape index (κ3) is 5.32. The van der Waals surface area contributed by atoms with Crippen molar-refractivity contribution in [2.24, 2.45) is 0 Å². The summed E-state index contributed by atoms with van der Waals surface area (Å²) in [5.41, 5.74) is 11.9. The standard InChI is InChI=1S/C47H32N6/c1-3-10-35(11-4-1)51-31-27-41-44(51)26-24-40-42-32-39(23-25-45(42)53(46(40)41)36-12-5-2-6-13-36)52(37-19-15-33(16-20-37)43-14-7-8-28-48-43)38-21-17-34(18-22-38)47-49-29-9-30-50-47/h1-32H. The molecule has 0 amide bonds. The molecule has 0 radical (unpaired) electrons. The van der Waals surface area contributed by atoms with Crippen LogP contribution in [0.3, 0.4) is 0 Å². The summed E-state index contributed by atoms with van der Waals surface area (Å²) >= 11 is 0. The first-order valence-electron chi connectivity index (χ1n) is 17.7. The second-order valence-corrected chi connectivity index (χ2v) is 13.0. The van der Waals surface area contributed by atoms with Crippen LogP contribution in [0, 0.1) is 0 Å². The van der Waals surface area contributed by atoms with Crippen LogP contribution in [0.1, 0.15) is 0 Å². The van der Waals surface area contributed by atoms with Crippen LogP contribution < -0.4 is 4.90 Å². The van der Waals surface area contributed by atoms with Crippen LogP contribution in [0.2, 0.25) is 0 Å². The number of pyridine rings is 1. The Balaban J connectivity index is 1.17. The minimum atomic E-state index is 0.702. The third-order valence-electron chi connectivity index (χ3n) is 9.92. The summed E-state index contributed by atoms with van der Waals surface area (Å²) in [6, 6.07) is 59.7. The lowest BCUT2D eigenvalue weighted by Gasteiger charge is -2.26. The molecule has 0 spiro atoms. The summed E-state index contributed by atoms with van der Waals surface area (Å²) in [5.74, 6) is 0.702. The molecule has 0 aliphatic rings. The molecule has 0 aliphatic heterocycles. The van der Waals surface area contributed by atoms with Crippen molar-refractivity contribution in [2.75, 3.05) is 4.90 Å². The Morgan fingerprint density at radius 1 is 0.415 bits per heavy atom. The quantitative estimate of drug-likeness (QED) is 0.168. The van der Waals surface area contributed by atoms with Crippen LogP contribution in [0.4, 0.5) is 17.1 Å². The minimum Gasteiger partial charge on any atom is -0.316 e. The molecule has 4 aromatic heterocycles. The molecule has 6 heteroatoms. The maximum absolute atomic E-state index is 4.58. The Bertz CT molecular complexity index is 2760. The molecule has 0 bridgehead atoms. The Morgan fingerprint density at radius 2 is 1.04 bits per heavy atom. The molecule has 10 rings (SSSR count). The van der Waals surface area contributed by atoms with Crippen LogP contribution in [0.25, 0.3) is 66.7 Å².